The van der Waals surface area contributed by atoms with Crippen molar-refractivity contribution in [1.29, 1.82) is 0 Å². The molecule has 1 aliphatic heterocycles. The zero-order chi connectivity index (χ0) is 8.82. The van der Waals surface area contributed by atoms with Gasteiger partial charge in [-0.1, -0.05) is 0 Å². The van der Waals surface area contributed by atoms with Crippen LogP contribution in [0.1, 0.15) is 19.8 Å². The molecule has 1 saturated carbocycles. The van der Waals surface area contributed by atoms with Gasteiger partial charge in [0.2, 0.25) is 0 Å². The number of nitrogens with two attached hydrogens (primary N) is 1. The van der Waals surface area contributed by atoms with E-state index >= 15 is 0 Å². The quantitative estimate of drug-likeness (QED) is 0.657. The summed E-state index contributed by atoms with van der Waals surface area (Å²) in [5.41, 5.74) is 6.27. The van der Waals surface area contributed by atoms with Gasteiger partial charge in [-0.15, -0.1) is 0 Å². The molecule has 1 heterocycles. The van der Waals surface area contributed by atoms with Gasteiger partial charge >= 0.3 is 0 Å². The summed E-state index contributed by atoms with van der Waals surface area (Å²) in [6.07, 6.45) is 2.40. The molecule has 70 valence electrons. The highest BCUT2D eigenvalue weighted by atomic mass is 16.5. The summed E-state index contributed by atoms with van der Waals surface area (Å²) in [7, 11) is 1.78. The molecule has 0 aromatic carbocycles. The Morgan fingerprint density at radius 3 is 2.42 bits per heavy atom. The lowest BCUT2D eigenvalue weighted by Gasteiger charge is -2.47. The summed E-state index contributed by atoms with van der Waals surface area (Å²) in [5, 5.41) is 0. The van der Waals surface area contributed by atoms with Gasteiger partial charge in [0, 0.05) is 32.3 Å². The molecule has 2 fully saturated rings. The Labute approximate surface area is 73.9 Å². The Morgan fingerprint density at radius 2 is 2.00 bits per heavy atom. The highest BCUT2D eigenvalue weighted by Crippen LogP contribution is 2.35. The van der Waals surface area contributed by atoms with Crippen LogP contribution in [0, 0.1) is 0 Å². The van der Waals surface area contributed by atoms with Crippen molar-refractivity contribution in [2.24, 2.45) is 5.73 Å². The minimum absolute atomic E-state index is 0.102. The lowest BCUT2D eigenvalue weighted by Crippen LogP contribution is -2.63. The second kappa shape index (κ2) is 2.44. The minimum Gasteiger partial charge on any atom is -0.376 e. The first-order valence-electron chi connectivity index (χ1n) is 4.62. The molecular weight excluding hydrogens is 152 g/mol. The van der Waals surface area contributed by atoms with Gasteiger partial charge in [-0.2, -0.15) is 0 Å². The predicted octanol–water partition coefficient (Wildman–Crippen LogP) is 0.198. The van der Waals surface area contributed by atoms with E-state index in [9.17, 15) is 0 Å². The second-order valence-electron chi connectivity index (χ2n) is 4.66. The van der Waals surface area contributed by atoms with Crippen LogP contribution in [0.2, 0.25) is 0 Å². The average Bonchev–Trinajstić information content (AvgIpc) is 2.65. The zero-order valence-corrected chi connectivity index (χ0v) is 7.97. The van der Waals surface area contributed by atoms with E-state index in [1.54, 1.807) is 7.11 Å². The van der Waals surface area contributed by atoms with Crippen LogP contribution in [-0.2, 0) is 4.74 Å². The lowest BCUT2D eigenvalue weighted by molar-refractivity contribution is -0.113. The fraction of sp³-hybridized carbons (Fsp3) is 1.00. The van der Waals surface area contributed by atoms with E-state index in [4.69, 9.17) is 10.5 Å². The number of likely N-dealkylation sites (tertiary alicyclic amines) is 1. The molecular formula is C9H18N2O. The van der Waals surface area contributed by atoms with Crippen LogP contribution in [-0.4, -0.2) is 42.8 Å². The Hall–Kier alpha value is -0.120. The molecule has 2 aliphatic rings. The van der Waals surface area contributed by atoms with Gasteiger partial charge in [0.1, 0.15) is 0 Å². The molecule has 0 atom stereocenters. The van der Waals surface area contributed by atoms with Crippen molar-refractivity contribution in [2.75, 3.05) is 26.7 Å². The molecule has 12 heavy (non-hydrogen) atoms. The van der Waals surface area contributed by atoms with Gasteiger partial charge in [-0.3, -0.25) is 4.90 Å². The average molecular weight is 170 g/mol. The van der Waals surface area contributed by atoms with Gasteiger partial charge in [0.05, 0.1) is 5.60 Å². The van der Waals surface area contributed by atoms with E-state index in [-0.39, 0.29) is 11.1 Å². The molecule has 2 N–H and O–H groups in total. The van der Waals surface area contributed by atoms with E-state index in [0.29, 0.717) is 0 Å². The van der Waals surface area contributed by atoms with Crippen LogP contribution in [0.15, 0.2) is 0 Å². The molecule has 1 aliphatic carbocycles. The van der Waals surface area contributed by atoms with E-state index in [1.165, 1.54) is 12.8 Å². The Bertz CT molecular complexity index is 183. The van der Waals surface area contributed by atoms with Crippen molar-refractivity contribution in [1.82, 2.24) is 4.90 Å². The Balaban J connectivity index is 1.74. The molecule has 0 radical (unpaired) electrons. The summed E-state index contributed by atoms with van der Waals surface area (Å²) in [6.45, 7) is 5.30. The van der Waals surface area contributed by atoms with Crippen molar-refractivity contribution in [2.45, 2.75) is 30.9 Å². The maximum atomic E-state index is 6.00. The fourth-order valence-electron chi connectivity index (χ4n) is 1.90. The van der Waals surface area contributed by atoms with Crippen molar-refractivity contribution in [3.05, 3.63) is 0 Å². The minimum atomic E-state index is 0.102. The molecule has 1 saturated heterocycles. The topological polar surface area (TPSA) is 38.5 Å². The third-order valence-corrected chi connectivity index (χ3v) is 3.04. The van der Waals surface area contributed by atoms with Gasteiger partial charge in [-0.05, 0) is 19.8 Å². The number of ether oxygens (including phenoxy) is 1. The van der Waals surface area contributed by atoms with Crippen molar-refractivity contribution in [3.63, 3.8) is 0 Å². The summed E-state index contributed by atoms with van der Waals surface area (Å²) in [5.74, 6) is 0. The molecule has 2 rings (SSSR count). The molecule has 0 spiro atoms. The predicted molar refractivity (Wildman–Crippen MR) is 48.0 cm³/mol. The fourth-order valence-corrected chi connectivity index (χ4v) is 1.90. The maximum Gasteiger partial charge on any atom is 0.0903 e. The van der Waals surface area contributed by atoms with Crippen LogP contribution < -0.4 is 5.73 Å². The van der Waals surface area contributed by atoms with Crippen molar-refractivity contribution < 1.29 is 4.74 Å². The van der Waals surface area contributed by atoms with Gasteiger partial charge in [0.15, 0.2) is 0 Å². The van der Waals surface area contributed by atoms with Gasteiger partial charge < -0.3 is 10.5 Å². The molecule has 0 unspecified atom stereocenters. The van der Waals surface area contributed by atoms with E-state index in [1.807, 2.05) is 0 Å². The van der Waals surface area contributed by atoms with Crippen LogP contribution in [0.5, 0.6) is 0 Å². The van der Waals surface area contributed by atoms with E-state index < -0.39 is 0 Å². The van der Waals surface area contributed by atoms with Crippen molar-refractivity contribution >= 4 is 0 Å². The highest BCUT2D eigenvalue weighted by molar-refractivity contribution is 5.05. The highest BCUT2D eigenvalue weighted by Gasteiger charge is 2.46. The van der Waals surface area contributed by atoms with E-state index in [2.05, 4.69) is 11.8 Å². The first-order chi connectivity index (χ1) is 5.55. The number of hydrogen-bond acceptors (Lipinski definition) is 3. The lowest BCUT2D eigenvalue weighted by atomic mass is 9.95. The van der Waals surface area contributed by atoms with Crippen LogP contribution in [0.3, 0.4) is 0 Å². The smallest absolute Gasteiger partial charge is 0.0903 e. The van der Waals surface area contributed by atoms with Crippen LogP contribution in [0.25, 0.3) is 0 Å². The maximum absolute atomic E-state index is 6.00. The first kappa shape index (κ1) is 8.48. The van der Waals surface area contributed by atoms with Crippen molar-refractivity contribution in [3.8, 4) is 0 Å². The zero-order valence-electron chi connectivity index (χ0n) is 7.97. The van der Waals surface area contributed by atoms with Crippen LogP contribution in [0.4, 0.5) is 0 Å². The summed E-state index contributed by atoms with van der Waals surface area (Å²) in [6, 6.07) is 0. The normalized spacial score (nSPS) is 31.2. The largest absolute Gasteiger partial charge is 0.376 e. The monoisotopic (exact) mass is 170 g/mol. The molecule has 0 aromatic rings. The SMILES string of the molecule is COC1(C)CN(CC2(N)CC2)C1. The van der Waals surface area contributed by atoms with Gasteiger partial charge in [-0.25, -0.2) is 0 Å². The third kappa shape index (κ3) is 1.49. The summed E-state index contributed by atoms with van der Waals surface area (Å²) < 4.78 is 5.36. The number of methoxy groups -OCH3 is 1. The number of nitrogens with zero attached hydrogens (tertiary/aromatic N) is 1. The number of rotatable bonds is 3. The first-order valence-corrected chi connectivity index (χ1v) is 4.62. The molecule has 3 heteroatoms. The van der Waals surface area contributed by atoms with Gasteiger partial charge in [0.25, 0.3) is 0 Å². The molecule has 0 aromatic heterocycles. The van der Waals surface area contributed by atoms with E-state index in [0.717, 1.165) is 19.6 Å². The second-order valence-corrected chi connectivity index (χ2v) is 4.66. The summed E-state index contributed by atoms with van der Waals surface area (Å²) in [4.78, 5) is 2.39. The standard InChI is InChI=1S/C9H18N2O/c1-8(12-2)5-11(6-8)7-9(10)3-4-9/h3-7,10H2,1-2H3. The number of hydrogen-bond donors (Lipinski definition) is 1. The molecule has 0 bridgehead atoms. The van der Waals surface area contributed by atoms with Crippen LogP contribution >= 0.6 is 0 Å². The molecule has 3 nitrogen and oxygen atoms in total. The Kier molecular flexibility index (Phi) is 1.72. The third-order valence-electron chi connectivity index (χ3n) is 3.04. The molecule has 0 amide bonds. The summed E-state index contributed by atoms with van der Waals surface area (Å²) >= 11 is 0. The Morgan fingerprint density at radius 1 is 1.42 bits per heavy atom.